The highest BCUT2D eigenvalue weighted by atomic mass is 35.5. The summed E-state index contributed by atoms with van der Waals surface area (Å²) in [7, 11) is 0. The Morgan fingerprint density at radius 3 is 2.75 bits per heavy atom. The highest BCUT2D eigenvalue weighted by Crippen LogP contribution is 2.09. The fraction of sp³-hybridized carbons (Fsp3) is 0.800. The van der Waals surface area contributed by atoms with Gasteiger partial charge in [-0.15, -0.1) is 11.6 Å². The Kier molecular flexibility index (Phi) is 1.86. The number of carbonyl (C=O) groups excluding carboxylic acids is 1. The molecule has 0 aliphatic carbocycles. The highest BCUT2D eigenvalue weighted by Gasteiger charge is 2.20. The first-order valence-electron chi connectivity index (χ1n) is 2.65. The summed E-state index contributed by atoms with van der Waals surface area (Å²) in [6.07, 6.45) is 1.69. The zero-order valence-corrected chi connectivity index (χ0v) is 5.19. The lowest BCUT2D eigenvalue weighted by Crippen LogP contribution is -2.22. The minimum absolute atomic E-state index is 0.0116. The molecule has 8 heavy (non-hydrogen) atoms. The summed E-state index contributed by atoms with van der Waals surface area (Å²) in [6.45, 7) is 0.769. The van der Waals surface area contributed by atoms with Crippen LogP contribution in [0.4, 0.5) is 0 Å². The first kappa shape index (κ1) is 6.05. The first-order valence-corrected chi connectivity index (χ1v) is 3.09. The molecule has 0 radical (unpaired) electrons. The van der Waals surface area contributed by atoms with Crippen LogP contribution in [0.5, 0.6) is 0 Å². The molecule has 2 atom stereocenters. The third-order valence-electron chi connectivity index (χ3n) is 1.28. The molecule has 0 aromatic rings. The lowest BCUT2D eigenvalue weighted by Gasteiger charge is -1.94. The van der Waals surface area contributed by atoms with Crippen LogP contribution in [0, 0.1) is 0 Å². The Morgan fingerprint density at radius 2 is 2.50 bits per heavy atom. The average Bonchev–Trinajstić information content (AvgIpc) is 2.14. The van der Waals surface area contributed by atoms with Crippen molar-refractivity contribution in [3.05, 3.63) is 0 Å². The van der Waals surface area contributed by atoms with Gasteiger partial charge in [-0.1, -0.05) is 0 Å². The Balaban J connectivity index is 2.32. The van der Waals surface area contributed by atoms with Gasteiger partial charge in [0.1, 0.15) is 6.29 Å². The van der Waals surface area contributed by atoms with Crippen molar-refractivity contribution in [1.82, 2.24) is 5.32 Å². The maximum Gasteiger partial charge on any atom is 0.136 e. The highest BCUT2D eigenvalue weighted by molar-refractivity contribution is 6.21. The van der Waals surface area contributed by atoms with Gasteiger partial charge < -0.3 is 10.1 Å². The molecular weight excluding hydrogens is 126 g/mol. The van der Waals surface area contributed by atoms with Gasteiger partial charge in [0.15, 0.2) is 0 Å². The Morgan fingerprint density at radius 1 is 1.75 bits per heavy atom. The fourth-order valence-corrected chi connectivity index (χ4v) is 1.11. The van der Waals surface area contributed by atoms with Crippen molar-refractivity contribution in [1.29, 1.82) is 0 Å². The minimum Gasteiger partial charge on any atom is -0.306 e. The molecule has 1 fully saturated rings. The van der Waals surface area contributed by atoms with Crippen molar-refractivity contribution in [3.63, 3.8) is 0 Å². The van der Waals surface area contributed by atoms with Crippen LogP contribution >= 0.6 is 11.6 Å². The van der Waals surface area contributed by atoms with Crippen LogP contribution in [0.25, 0.3) is 0 Å². The van der Waals surface area contributed by atoms with Crippen LogP contribution < -0.4 is 5.32 Å². The predicted molar refractivity (Wildman–Crippen MR) is 32.1 cm³/mol. The van der Waals surface area contributed by atoms with Gasteiger partial charge in [-0.25, -0.2) is 0 Å². The summed E-state index contributed by atoms with van der Waals surface area (Å²) in [5, 5.41) is 3.11. The van der Waals surface area contributed by atoms with Crippen LogP contribution in [0.3, 0.4) is 0 Å². The van der Waals surface area contributed by atoms with Crippen LogP contribution in [-0.4, -0.2) is 24.2 Å². The Bertz CT molecular complexity index is 96.4. The van der Waals surface area contributed by atoms with Gasteiger partial charge in [-0.2, -0.15) is 0 Å². The summed E-state index contributed by atoms with van der Waals surface area (Å²) in [5.41, 5.74) is 0. The number of carbonyl (C=O) groups is 1. The van der Waals surface area contributed by atoms with E-state index in [4.69, 9.17) is 11.6 Å². The lowest BCUT2D eigenvalue weighted by atomic mass is 10.2. The number of hydrogen-bond donors (Lipinski definition) is 1. The van der Waals surface area contributed by atoms with Gasteiger partial charge in [0.05, 0.1) is 6.04 Å². The maximum absolute atomic E-state index is 10.0. The third kappa shape index (κ3) is 1.20. The van der Waals surface area contributed by atoms with Crippen molar-refractivity contribution >= 4 is 17.9 Å². The fourth-order valence-electron chi connectivity index (χ4n) is 0.825. The molecular formula is C5H8ClNO. The van der Waals surface area contributed by atoms with Crippen LogP contribution in [0.2, 0.25) is 0 Å². The van der Waals surface area contributed by atoms with Crippen molar-refractivity contribution in [3.8, 4) is 0 Å². The molecule has 0 saturated carbocycles. The molecule has 1 aliphatic rings. The van der Waals surface area contributed by atoms with Crippen LogP contribution in [0.15, 0.2) is 0 Å². The van der Waals surface area contributed by atoms with E-state index in [0.29, 0.717) is 0 Å². The standard InChI is InChI=1S/C5H8ClNO/c6-4-1-5(3-8)7-2-4/h3-5,7H,1-2H2/t4-,5-/m0/s1. The van der Waals surface area contributed by atoms with E-state index >= 15 is 0 Å². The van der Waals surface area contributed by atoms with E-state index in [-0.39, 0.29) is 11.4 Å². The second kappa shape index (κ2) is 2.46. The second-order valence-corrected chi connectivity index (χ2v) is 2.60. The van der Waals surface area contributed by atoms with Crippen molar-refractivity contribution in [2.45, 2.75) is 17.8 Å². The molecule has 2 nitrogen and oxygen atoms in total. The summed E-state index contributed by atoms with van der Waals surface area (Å²) >= 11 is 5.66. The number of nitrogens with one attached hydrogen (secondary N) is 1. The number of hydrogen-bond acceptors (Lipinski definition) is 2. The normalized spacial score (nSPS) is 37.6. The van der Waals surface area contributed by atoms with E-state index in [1.165, 1.54) is 0 Å². The topological polar surface area (TPSA) is 29.1 Å². The number of halogens is 1. The predicted octanol–water partition coefficient (Wildman–Crippen LogP) is 0.155. The molecule has 0 aromatic heterocycles. The summed E-state index contributed by atoms with van der Waals surface area (Å²) in [6, 6.07) is 0.0116. The summed E-state index contributed by atoms with van der Waals surface area (Å²) in [4.78, 5) is 10.0. The molecule has 1 saturated heterocycles. The third-order valence-corrected chi connectivity index (χ3v) is 1.61. The molecule has 0 spiro atoms. The number of rotatable bonds is 1. The maximum atomic E-state index is 10.0. The molecule has 1 rings (SSSR count). The number of alkyl halides is 1. The van der Waals surface area contributed by atoms with Gasteiger partial charge in [0.25, 0.3) is 0 Å². The quantitative estimate of drug-likeness (QED) is 0.408. The molecule has 0 aromatic carbocycles. The second-order valence-electron chi connectivity index (χ2n) is 1.98. The van der Waals surface area contributed by atoms with Crippen LogP contribution in [-0.2, 0) is 4.79 Å². The zero-order chi connectivity index (χ0) is 5.98. The van der Waals surface area contributed by atoms with Gasteiger partial charge in [-0.3, -0.25) is 0 Å². The molecule has 46 valence electrons. The summed E-state index contributed by atoms with van der Waals surface area (Å²) < 4.78 is 0. The molecule has 1 N–H and O–H groups in total. The Hall–Kier alpha value is -0.0800. The largest absolute Gasteiger partial charge is 0.306 e. The Labute approximate surface area is 53.2 Å². The van der Waals surface area contributed by atoms with Crippen molar-refractivity contribution in [2.24, 2.45) is 0 Å². The van der Waals surface area contributed by atoms with E-state index in [1.807, 2.05) is 0 Å². The lowest BCUT2D eigenvalue weighted by molar-refractivity contribution is -0.109. The first-order chi connectivity index (χ1) is 3.83. The van der Waals surface area contributed by atoms with Gasteiger partial charge >= 0.3 is 0 Å². The van der Waals surface area contributed by atoms with E-state index < -0.39 is 0 Å². The van der Waals surface area contributed by atoms with Gasteiger partial charge in [0, 0.05) is 11.9 Å². The zero-order valence-electron chi connectivity index (χ0n) is 4.43. The van der Waals surface area contributed by atoms with Gasteiger partial charge in [-0.05, 0) is 6.42 Å². The smallest absolute Gasteiger partial charge is 0.136 e. The van der Waals surface area contributed by atoms with E-state index in [9.17, 15) is 4.79 Å². The molecule has 0 bridgehead atoms. The van der Waals surface area contributed by atoms with E-state index in [1.54, 1.807) is 0 Å². The van der Waals surface area contributed by atoms with Crippen molar-refractivity contribution < 1.29 is 4.79 Å². The monoisotopic (exact) mass is 133 g/mol. The molecule has 0 amide bonds. The van der Waals surface area contributed by atoms with Crippen LogP contribution in [0.1, 0.15) is 6.42 Å². The molecule has 1 aliphatic heterocycles. The van der Waals surface area contributed by atoms with E-state index in [0.717, 1.165) is 19.3 Å². The molecule has 3 heteroatoms. The minimum atomic E-state index is 0.0116. The van der Waals surface area contributed by atoms with E-state index in [2.05, 4.69) is 5.32 Å². The van der Waals surface area contributed by atoms with Crippen molar-refractivity contribution in [2.75, 3.05) is 6.54 Å². The SMILES string of the molecule is O=C[C@@H]1C[C@H](Cl)CN1. The summed E-state index contributed by atoms with van der Waals surface area (Å²) in [5.74, 6) is 0. The number of aldehydes is 1. The van der Waals surface area contributed by atoms with Gasteiger partial charge in [0.2, 0.25) is 0 Å². The molecule has 0 unspecified atom stereocenters. The molecule has 1 heterocycles. The average molecular weight is 134 g/mol.